The molecule has 2 rings (SSSR count). The summed E-state index contributed by atoms with van der Waals surface area (Å²) in [5.41, 5.74) is -1.14. The van der Waals surface area contributed by atoms with Crippen molar-refractivity contribution in [3.8, 4) is 0 Å². The van der Waals surface area contributed by atoms with E-state index in [4.69, 9.17) is 13.9 Å². The average molecular weight is 495 g/mol. The monoisotopic (exact) mass is 495 g/mol. The number of guanidine groups is 1. The molecule has 7 nitrogen and oxygen atoms in total. The molecule has 0 aliphatic carbocycles. The van der Waals surface area contributed by atoms with Crippen LogP contribution in [0.25, 0.3) is 0 Å². The highest BCUT2D eigenvalue weighted by Gasteiger charge is 2.26. The fourth-order valence-corrected chi connectivity index (χ4v) is 2.75. The van der Waals surface area contributed by atoms with E-state index >= 15 is 0 Å². The third-order valence-corrected chi connectivity index (χ3v) is 4.25. The number of aliphatic imine (C=N–C) groups is 1. The van der Waals surface area contributed by atoms with Gasteiger partial charge in [-0.3, -0.25) is 0 Å². The van der Waals surface area contributed by atoms with E-state index < -0.39 is 5.60 Å². The Kier molecular flexibility index (Phi) is 11.3. The summed E-state index contributed by atoms with van der Waals surface area (Å²) in [6.07, 6.45) is 3.39. The molecule has 0 spiro atoms. The normalized spacial score (nSPS) is 19.4. The van der Waals surface area contributed by atoms with Gasteiger partial charge in [0.05, 0.1) is 19.3 Å². The zero-order valence-corrected chi connectivity index (χ0v) is 19.0. The molecular formula is C19H34IN3O4. The van der Waals surface area contributed by atoms with Gasteiger partial charge in [0.2, 0.25) is 0 Å². The van der Waals surface area contributed by atoms with Crippen molar-refractivity contribution in [1.29, 1.82) is 0 Å². The van der Waals surface area contributed by atoms with Crippen LogP contribution in [-0.2, 0) is 15.1 Å². The van der Waals surface area contributed by atoms with E-state index in [-0.39, 0.29) is 36.6 Å². The van der Waals surface area contributed by atoms with Gasteiger partial charge < -0.3 is 29.6 Å². The smallest absolute Gasteiger partial charge is 0.191 e. The molecule has 1 aliphatic heterocycles. The molecule has 1 aliphatic rings. The van der Waals surface area contributed by atoms with E-state index in [1.807, 2.05) is 19.9 Å². The number of nitrogens with zero attached hydrogens (tertiary/aromatic N) is 1. The number of hydrogen-bond acceptors (Lipinski definition) is 5. The Bertz CT molecular complexity index is 557. The van der Waals surface area contributed by atoms with Crippen molar-refractivity contribution in [2.24, 2.45) is 4.99 Å². The zero-order chi connectivity index (χ0) is 18.8. The van der Waals surface area contributed by atoms with Crippen LogP contribution in [0.5, 0.6) is 0 Å². The lowest BCUT2D eigenvalue weighted by Gasteiger charge is -2.19. The van der Waals surface area contributed by atoms with Crippen molar-refractivity contribution in [3.05, 3.63) is 23.7 Å². The second-order valence-corrected chi connectivity index (χ2v) is 6.87. The number of furan rings is 1. The van der Waals surface area contributed by atoms with Gasteiger partial charge in [-0.05, 0) is 52.2 Å². The Hall–Kier alpha value is -0.840. The topological polar surface area (TPSA) is 88.3 Å². The van der Waals surface area contributed by atoms with E-state index in [0.717, 1.165) is 44.7 Å². The van der Waals surface area contributed by atoms with Gasteiger partial charge in [-0.15, -0.1) is 24.0 Å². The predicted molar refractivity (Wildman–Crippen MR) is 117 cm³/mol. The Morgan fingerprint density at radius 3 is 2.85 bits per heavy atom. The molecule has 0 saturated carbocycles. The highest BCUT2D eigenvalue weighted by atomic mass is 127. The van der Waals surface area contributed by atoms with Gasteiger partial charge in [-0.25, -0.2) is 4.99 Å². The summed E-state index contributed by atoms with van der Waals surface area (Å²) >= 11 is 0. The molecule has 0 bridgehead atoms. The molecule has 0 aromatic carbocycles. The maximum Gasteiger partial charge on any atom is 0.191 e. The zero-order valence-electron chi connectivity index (χ0n) is 16.6. The maximum absolute atomic E-state index is 10.6. The highest BCUT2D eigenvalue weighted by molar-refractivity contribution is 14.0. The van der Waals surface area contributed by atoms with Crippen molar-refractivity contribution in [3.63, 3.8) is 0 Å². The third-order valence-electron chi connectivity index (χ3n) is 4.25. The number of nitrogens with one attached hydrogen (secondary N) is 2. The van der Waals surface area contributed by atoms with E-state index in [0.29, 0.717) is 24.9 Å². The molecule has 156 valence electrons. The van der Waals surface area contributed by atoms with Crippen molar-refractivity contribution in [2.75, 3.05) is 39.5 Å². The summed E-state index contributed by atoms with van der Waals surface area (Å²) in [4.78, 5) is 4.48. The largest absolute Gasteiger partial charge is 0.463 e. The minimum Gasteiger partial charge on any atom is -0.463 e. The lowest BCUT2D eigenvalue weighted by Crippen LogP contribution is -2.39. The summed E-state index contributed by atoms with van der Waals surface area (Å²) in [5, 5.41) is 17.0. The Labute approximate surface area is 179 Å². The molecule has 2 heterocycles. The van der Waals surface area contributed by atoms with E-state index in [9.17, 15) is 5.11 Å². The first kappa shape index (κ1) is 24.2. The van der Waals surface area contributed by atoms with Crippen LogP contribution in [0.2, 0.25) is 0 Å². The van der Waals surface area contributed by atoms with E-state index in [1.54, 1.807) is 13.0 Å². The van der Waals surface area contributed by atoms with Crippen LogP contribution in [-0.4, -0.2) is 56.6 Å². The van der Waals surface area contributed by atoms with Crippen LogP contribution in [0.15, 0.2) is 21.5 Å². The van der Waals surface area contributed by atoms with Crippen LogP contribution in [0.1, 0.15) is 44.6 Å². The molecule has 0 radical (unpaired) electrons. The first-order valence-corrected chi connectivity index (χ1v) is 9.52. The molecule has 2 atom stereocenters. The van der Waals surface area contributed by atoms with Gasteiger partial charge in [0.25, 0.3) is 0 Å². The Morgan fingerprint density at radius 2 is 2.22 bits per heavy atom. The number of rotatable bonds is 10. The molecule has 0 amide bonds. The standard InChI is InChI=1S/C19H33N3O4.HI/c1-4-20-18(21-10-6-11-24-13-16-7-5-12-25-16)22-14-19(3,23)17-9-8-15(2)26-17;/h8-9,16,23H,4-7,10-14H2,1-3H3,(H2,20,21,22);1H. The summed E-state index contributed by atoms with van der Waals surface area (Å²) in [6, 6.07) is 3.63. The first-order chi connectivity index (χ1) is 12.5. The summed E-state index contributed by atoms with van der Waals surface area (Å²) in [6.45, 7) is 9.52. The van der Waals surface area contributed by atoms with Crippen LogP contribution in [0, 0.1) is 6.92 Å². The summed E-state index contributed by atoms with van der Waals surface area (Å²) in [7, 11) is 0. The van der Waals surface area contributed by atoms with Gasteiger partial charge in [0.1, 0.15) is 17.1 Å². The van der Waals surface area contributed by atoms with Crippen LogP contribution < -0.4 is 10.6 Å². The van der Waals surface area contributed by atoms with Gasteiger partial charge in [0.15, 0.2) is 5.96 Å². The number of halogens is 1. The number of aliphatic hydroxyl groups is 1. The molecule has 1 aromatic heterocycles. The molecule has 27 heavy (non-hydrogen) atoms. The van der Waals surface area contributed by atoms with Crippen molar-refractivity contribution in [2.45, 2.75) is 51.7 Å². The molecule has 2 unspecified atom stereocenters. The van der Waals surface area contributed by atoms with E-state index in [2.05, 4.69) is 15.6 Å². The van der Waals surface area contributed by atoms with Crippen LogP contribution in [0.4, 0.5) is 0 Å². The minimum atomic E-state index is -1.14. The van der Waals surface area contributed by atoms with E-state index in [1.165, 1.54) is 0 Å². The quantitative estimate of drug-likeness (QED) is 0.200. The fourth-order valence-electron chi connectivity index (χ4n) is 2.75. The lowest BCUT2D eigenvalue weighted by molar-refractivity contribution is 0.0168. The number of hydrogen-bond donors (Lipinski definition) is 3. The SMILES string of the molecule is CCNC(=NCC(C)(O)c1ccc(C)o1)NCCCOCC1CCCO1.I. The fraction of sp³-hybridized carbons (Fsp3) is 0.737. The van der Waals surface area contributed by atoms with Crippen molar-refractivity contribution < 1.29 is 19.0 Å². The van der Waals surface area contributed by atoms with Crippen LogP contribution >= 0.6 is 24.0 Å². The second-order valence-electron chi connectivity index (χ2n) is 6.87. The minimum absolute atomic E-state index is 0. The third kappa shape index (κ3) is 8.80. The molecular weight excluding hydrogens is 461 g/mol. The molecule has 8 heteroatoms. The Morgan fingerprint density at radius 1 is 1.41 bits per heavy atom. The lowest BCUT2D eigenvalue weighted by atomic mass is 10.0. The second kappa shape index (κ2) is 12.6. The summed E-state index contributed by atoms with van der Waals surface area (Å²) < 4.78 is 16.7. The van der Waals surface area contributed by atoms with Crippen molar-refractivity contribution in [1.82, 2.24) is 10.6 Å². The van der Waals surface area contributed by atoms with Crippen LogP contribution in [0.3, 0.4) is 0 Å². The maximum atomic E-state index is 10.6. The average Bonchev–Trinajstić information content (AvgIpc) is 3.27. The summed E-state index contributed by atoms with van der Waals surface area (Å²) in [5.74, 6) is 1.98. The number of aryl methyl sites for hydroxylation is 1. The van der Waals surface area contributed by atoms with Crippen molar-refractivity contribution >= 4 is 29.9 Å². The molecule has 3 N–H and O–H groups in total. The molecule has 1 saturated heterocycles. The predicted octanol–water partition coefficient (Wildman–Crippen LogP) is 2.55. The first-order valence-electron chi connectivity index (χ1n) is 9.52. The molecule has 1 fully saturated rings. The Balaban J connectivity index is 0.00000364. The molecule has 1 aromatic rings. The van der Waals surface area contributed by atoms with Gasteiger partial charge in [-0.2, -0.15) is 0 Å². The van der Waals surface area contributed by atoms with Gasteiger partial charge >= 0.3 is 0 Å². The van der Waals surface area contributed by atoms with Gasteiger partial charge in [-0.1, -0.05) is 0 Å². The van der Waals surface area contributed by atoms with Gasteiger partial charge in [0, 0.05) is 26.3 Å². The number of ether oxygens (including phenoxy) is 2. The highest BCUT2D eigenvalue weighted by Crippen LogP contribution is 2.23.